The van der Waals surface area contributed by atoms with E-state index in [0.29, 0.717) is 11.3 Å². The minimum Gasteiger partial charge on any atom is -0.487 e. The Bertz CT molecular complexity index is 671. The Hall–Kier alpha value is -2.43. The average Bonchev–Trinajstić information content (AvgIpc) is 2.45. The molecule has 1 N–H and O–H groups in total. The summed E-state index contributed by atoms with van der Waals surface area (Å²) in [7, 11) is 0. The summed E-state index contributed by atoms with van der Waals surface area (Å²) in [5.74, 6) is -1.39. The number of hydrogen-bond acceptors (Lipinski definition) is 3. The van der Waals surface area contributed by atoms with Crippen LogP contribution in [0.2, 0.25) is 0 Å². The van der Waals surface area contributed by atoms with Gasteiger partial charge in [0.05, 0.1) is 11.3 Å². The van der Waals surface area contributed by atoms with Gasteiger partial charge in [0.25, 0.3) is 0 Å². The van der Waals surface area contributed by atoms with Gasteiger partial charge in [0, 0.05) is 5.69 Å². The molecule has 0 radical (unpaired) electrons. The highest BCUT2D eigenvalue weighted by Crippen LogP contribution is 2.19. The highest BCUT2D eigenvalue weighted by molar-refractivity contribution is 5.87. The zero-order valence-electron chi connectivity index (χ0n) is 11.9. The number of carboxylic acids is 1. The molecule has 0 amide bonds. The Morgan fingerprint density at radius 3 is 2.71 bits per heavy atom. The largest absolute Gasteiger partial charge is 0.487 e. The fourth-order valence-electron chi connectivity index (χ4n) is 1.97. The van der Waals surface area contributed by atoms with E-state index in [9.17, 15) is 9.18 Å². The van der Waals surface area contributed by atoms with Crippen molar-refractivity contribution in [2.24, 2.45) is 0 Å². The fourth-order valence-corrected chi connectivity index (χ4v) is 1.97. The third-order valence-corrected chi connectivity index (χ3v) is 3.06. The number of rotatable bonds is 5. The number of aromatic carboxylic acids is 1. The van der Waals surface area contributed by atoms with Crippen LogP contribution in [0.1, 0.15) is 34.2 Å². The van der Waals surface area contributed by atoms with Gasteiger partial charge < -0.3 is 9.84 Å². The van der Waals surface area contributed by atoms with E-state index >= 15 is 0 Å². The van der Waals surface area contributed by atoms with Crippen molar-refractivity contribution in [1.29, 1.82) is 0 Å². The van der Waals surface area contributed by atoms with Crippen LogP contribution in [0.25, 0.3) is 0 Å². The van der Waals surface area contributed by atoms with Gasteiger partial charge in [-0.25, -0.2) is 9.18 Å². The molecule has 0 saturated carbocycles. The van der Waals surface area contributed by atoms with Crippen molar-refractivity contribution in [3.63, 3.8) is 0 Å². The predicted octanol–water partition coefficient (Wildman–Crippen LogP) is 3.37. The van der Waals surface area contributed by atoms with Crippen molar-refractivity contribution < 1.29 is 19.0 Å². The first-order valence-corrected chi connectivity index (χ1v) is 6.62. The summed E-state index contributed by atoms with van der Waals surface area (Å²) in [5.41, 5.74) is 1.99. The lowest BCUT2D eigenvalue weighted by Gasteiger charge is -2.11. The second-order valence-corrected chi connectivity index (χ2v) is 4.66. The van der Waals surface area contributed by atoms with Gasteiger partial charge in [0.2, 0.25) is 0 Å². The second-order valence-electron chi connectivity index (χ2n) is 4.66. The minimum atomic E-state index is -1.28. The molecule has 2 rings (SSSR count). The van der Waals surface area contributed by atoms with E-state index in [0.717, 1.165) is 17.8 Å². The van der Waals surface area contributed by atoms with E-state index in [2.05, 4.69) is 4.98 Å². The monoisotopic (exact) mass is 289 g/mol. The smallest absolute Gasteiger partial charge is 0.338 e. The molecule has 110 valence electrons. The summed E-state index contributed by atoms with van der Waals surface area (Å²) in [6, 6.07) is 7.65. The lowest BCUT2D eigenvalue weighted by Crippen LogP contribution is -2.04. The third-order valence-electron chi connectivity index (χ3n) is 3.06. The summed E-state index contributed by atoms with van der Waals surface area (Å²) in [4.78, 5) is 15.1. The lowest BCUT2D eigenvalue weighted by atomic mass is 10.1. The molecule has 1 aromatic heterocycles. The molecule has 0 fully saturated rings. The standard InChI is InChI=1S/C16H16FNO3/c1-3-14-15(7-4-10(2)18-14)21-9-11-5-6-12(16(19)20)13(17)8-11/h4-8H,3,9H2,1-2H3,(H,19,20). The summed E-state index contributed by atoms with van der Waals surface area (Å²) < 4.78 is 19.2. The van der Waals surface area contributed by atoms with E-state index in [1.165, 1.54) is 12.1 Å². The number of aryl methyl sites for hydroxylation is 2. The van der Waals surface area contributed by atoms with E-state index in [4.69, 9.17) is 9.84 Å². The van der Waals surface area contributed by atoms with Crippen LogP contribution in [-0.4, -0.2) is 16.1 Å². The summed E-state index contributed by atoms with van der Waals surface area (Å²) in [6.45, 7) is 4.05. The fraction of sp³-hybridized carbons (Fsp3) is 0.250. The molecule has 2 aromatic rings. The number of carbonyl (C=O) groups is 1. The van der Waals surface area contributed by atoms with Crippen molar-refractivity contribution in [3.8, 4) is 5.75 Å². The number of halogens is 1. The minimum absolute atomic E-state index is 0.161. The zero-order valence-corrected chi connectivity index (χ0v) is 11.9. The first-order valence-electron chi connectivity index (χ1n) is 6.62. The predicted molar refractivity (Wildman–Crippen MR) is 76.0 cm³/mol. The molecule has 0 aliphatic carbocycles. The zero-order chi connectivity index (χ0) is 15.4. The number of benzene rings is 1. The highest BCUT2D eigenvalue weighted by Gasteiger charge is 2.11. The van der Waals surface area contributed by atoms with Gasteiger partial charge in [0.1, 0.15) is 18.2 Å². The van der Waals surface area contributed by atoms with Crippen LogP contribution in [0, 0.1) is 12.7 Å². The Kier molecular flexibility index (Phi) is 4.52. The molecule has 0 saturated heterocycles. The van der Waals surface area contributed by atoms with Gasteiger partial charge in [0.15, 0.2) is 0 Å². The molecule has 0 unspecified atom stereocenters. The maximum absolute atomic E-state index is 13.6. The van der Waals surface area contributed by atoms with Gasteiger partial charge in [-0.15, -0.1) is 0 Å². The third kappa shape index (κ3) is 3.56. The van der Waals surface area contributed by atoms with Crippen LogP contribution < -0.4 is 4.74 Å². The van der Waals surface area contributed by atoms with Crippen LogP contribution >= 0.6 is 0 Å². The second kappa shape index (κ2) is 6.35. The van der Waals surface area contributed by atoms with Gasteiger partial charge in [-0.1, -0.05) is 13.0 Å². The van der Waals surface area contributed by atoms with E-state index in [-0.39, 0.29) is 12.2 Å². The van der Waals surface area contributed by atoms with Gasteiger partial charge in [-0.3, -0.25) is 4.98 Å². The van der Waals surface area contributed by atoms with Crippen molar-refractivity contribution in [2.75, 3.05) is 0 Å². The van der Waals surface area contributed by atoms with Crippen LogP contribution in [0.5, 0.6) is 5.75 Å². The van der Waals surface area contributed by atoms with E-state index in [1.54, 1.807) is 6.07 Å². The summed E-state index contributed by atoms with van der Waals surface area (Å²) in [6.07, 6.45) is 0.739. The molecule has 21 heavy (non-hydrogen) atoms. The molecule has 0 spiro atoms. The normalized spacial score (nSPS) is 10.4. The van der Waals surface area contributed by atoms with Crippen molar-refractivity contribution in [3.05, 3.63) is 58.7 Å². The first-order chi connectivity index (χ1) is 10.0. The molecule has 4 nitrogen and oxygen atoms in total. The molecule has 0 bridgehead atoms. The Morgan fingerprint density at radius 1 is 1.33 bits per heavy atom. The Balaban J connectivity index is 2.13. The van der Waals surface area contributed by atoms with Crippen molar-refractivity contribution in [1.82, 2.24) is 4.98 Å². The molecular formula is C16H16FNO3. The maximum atomic E-state index is 13.6. The van der Waals surface area contributed by atoms with E-state index in [1.807, 2.05) is 26.0 Å². The molecule has 0 atom stereocenters. The highest BCUT2D eigenvalue weighted by atomic mass is 19.1. The molecular weight excluding hydrogens is 273 g/mol. The number of carboxylic acid groups (broad SMARTS) is 1. The van der Waals surface area contributed by atoms with Crippen LogP contribution in [0.15, 0.2) is 30.3 Å². The van der Waals surface area contributed by atoms with E-state index < -0.39 is 11.8 Å². The summed E-state index contributed by atoms with van der Waals surface area (Å²) >= 11 is 0. The van der Waals surface area contributed by atoms with Crippen molar-refractivity contribution >= 4 is 5.97 Å². The van der Waals surface area contributed by atoms with Crippen LogP contribution in [-0.2, 0) is 13.0 Å². The summed E-state index contributed by atoms with van der Waals surface area (Å²) in [5, 5.41) is 8.78. The quantitative estimate of drug-likeness (QED) is 0.916. The number of pyridine rings is 1. The maximum Gasteiger partial charge on any atom is 0.338 e. The topological polar surface area (TPSA) is 59.4 Å². The molecule has 1 heterocycles. The SMILES string of the molecule is CCc1nc(C)ccc1OCc1ccc(C(=O)O)c(F)c1. The van der Waals surface area contributed by atoms with Gasteiger partial charge in [-0.2, -0.15) is 0 Å². The van der Waals surface area contributed by atoms with Crippen LogP contribution in [0.4, 0.5) is 4.39 Å². The van der Waals surface area contributed by atoms with Gasteiger partial charge >= 0.3 is 5.97 Å². The number of aromatic nitrogens is 1. The lowest BCUT2D eigenvalue weighted by molar-refractivity contribution is 0.0692. The van der Waals surface area contributed by atoms with Gasteiger partial charge in [-0.05, 0) is 43.2 Å². The number of ether oxygens (including phenoxy) is 1. The van der Waals surface area contributed by atoms with Crippen molar-refractivity contribution in [2.45, 2.75) is 26.9 Å². The average molecular weight is 289 g/mol. The molecule has 1 aromatic carbocycles. The van der Waals surface area contributed by atoms with Crippen LogP contribution in [0.3, 0.4) is 0 Å². The first kappa shape index (κ1) is 15.0. The number of nitrogens with zero attached hydrogens (tertiary/aromatic N) is 1. The number of hydrogen-bond donors (Lipinski definition) is 1. The Morgan fingerprint density at radius 2 is 2.10 bits per heavy atom. The molecule has 0 aliphatic heterocycles. The molecule has 5 heteroatoms. The Labute approximate surface area is 122 Å². The molecule has 0 aliphatic rings.